The maximum Gasteiger partial charge on any atom is 0.308 e. The Bertz CT molecular complexity index is 644. The van der Waals surface area contributed by atoms with Crippen LogP contribution in [0.5, 0.6) is 0 Å². The number of rotatable bonds is 6. The van der Waals surface area contributed by atoms with Gasteiger partial charge in [0.25, 0.3) is 0 Å². The number of benzene rings is 1. The van der Waals surface area contributed by atoms with Crippen molar-refractivity contribution >= 4 is 11.7 Å². The predicted octanol–water partition coefficient (Wildman–Crippen LogP) is 3.33. The number of hydrogen-bond acceptors (Lipinski definition) is 4. The van der Waals surface area contributed by atoms with Crippen LogP contribution >= 0.6 is 0 Å². The van der Waals surface area contributed by atoms with E-state index in [1.807, 2.05) is 45.0 Å². The van der Waals surface area contributed by atoms with Crippen molar-refractivity contribution in [3.05, 3.63) is 46.8 Å². The van der Waals surface area contributed by atoms with Crippen LogP contribution in [0.3, 0.4) is 0 Å². The van der Waals surface area contributed by atoms with Crippen LogP contribution in [0.25, 0.3) is 0 Å². The monoisotopic (exact) mass is 302 g/mol. The van der Waals surface area contributed by atoms with Crippen molar-refractivity contribution in [2.24, 2.45) is 5.92 Å². The highest BCUT2D eigenvalue weighted by molar-refractivity contribution is 5.70. The summed E-state index contributed by atoms with van der Waals surface area (Å²) >= 11 is 0. The van der Waals surface area contributed by atoms with Gasteiger partial charge in [0.15, 0.2) is 0 Å². The first-order valence-corrected chi connectivity index (χ1v) is 7.35. The molecule has 0 amide bonds. The molecule has 0 bridgehead atoms. The van der Waals surface area contributed by atoms with Crippen LogP contribution in [0, 0.1) is 26.7 Å². The number of carboxylic acids is 1. The summed E-state index contributed by atoms with van der Waals surface area (Å²) in [5.74, 6) is -0.475. The third kappa shape index (κ3) is 3.47. The van der Waals surface area contributed by atoms with E-state index in [1.165, 1.54) is 0 Å². The van der Waals surface area contributed by atoms with Gasteiger partial charge in [-0.25, -0.2) is 0 Å². The van der Waals surface area contributed by atoms with Crippen molar-refractivity contribution in [3.63, 3.8) is 0 Å². The summed E-state index contributed by atoms with van der Waals surface area (Å²) in [4.78, 5) is 13.3. The van der Waals surface area contributed by atoms with Gasteiger partial charge in [0, 0.05) is 24.3 Å². The molecule has 0 aliphatic carbocycles. The first-order valence-electron chi connectivity index (χ1n) is 7.35. The highest BCUT2D eigenvalue weighted by Gasteiger charge is 2.20. The van der Waals surface area contributed by atoms with Crippen molar-refractivity contribution in [1.82, 2.24) is 5.16 Å². The molecule has 118 valence electrons. The number of hydrogen-bond donors (Lipinski definition) is 1. The number of para-hydroxylation sites is 1. The van der Waals surface area contributed by atoms with E-state index in [0.717, 1.165) is 28.3 Å². The molecule has 1 heterocycles. The molecule has 1 aromatic carbocycles. The number of nitrogens with zero attached hydrogens (tertiary/aromatic N) is 2. The molecule has 0 aliphatic heterocycles. The van der Waals surface area contributed by atoms with Crippen LogP contribution in [-0.2, 0) is 11.3 Å². The molecule has 0 fully saturated rings. The van der Waals surface area contributed by atoms with Gasteiger partial charge in [-0.1, -0.05) is 30.3 Å². The molecule has 2 aromatic rings. The summed E-state index contributed by atoms with van der Waals surface area (Å²) < 4.78 is 5.22. The lowest BCUT2D eigenvalue weighted by molar-refractivity contribution is -0.140. The number of carboxylic acid groups (broad SMARTS) is 1. The van der Waals surface area contributed by atoms with Crippen molar-refractivity contribution in [3.8, 4) is 0 Å². The standard InChI is InChI=1S/C17H22N2O3/c1-11-7-5-6-8-16(11)19(9-12(2)17(20)21)10-15-13(3)18-22-14(15)4/h5-8,12H,9-10H2,1-4H3,(H,20,21). The van der Waals surface area contributed by atoms with Gasteiger partial charge in [-0.3, -0.25) is 4.79 Å². The van der Waals surface area contributed by atoms with E-state index in [-0.39, 0.29) is 0 Å². The Hall–Kier alpha value is -2.30. The largest absolute Gasteiger partial charge is 0.481 e. The molecule has 0 aliphatic rings. The van der Waals surface area contributed by atoms with Crippen LogP contribution in [0.1, 0.15) is 29.5 Å². The van der Waals surface area contributed by atoms with Gasteiger partial charge in [0.2, 0.25) is 0 Å². The fourth-order valence-corrected chi connectivity index (χ4v) is 2.49. The van der Waals surface area contributed by atoms with E-state index in [1.54, 1.807) is 6.92 Å². The highest BCUT2D eigenvalue weighted by atomic mass is 16.5. The lowest BCUT2D eigenvalue weighted by Crippen LogP contribution is -2.32. The van der Waals surface area contributed by atoms with Crippen molar-refractivity contribution < 1.29 is 14.4 Å². The lowest BCUT2D eigenvalue weighted by atomic mass is 10.1. The second-order valence-corrected chi connectivity index (χ2v) is 5.71. The molecule has 2 rings (SSSR count). The zero-order valence-corrected chi connectivity index (χ0v) is 13.5. The lowest BCUT2D eigenvalue weighted by Gasteiger charge is -2.28. The van der Waals surface area contributed by atoms with E-state index in [4.69, 9.17) is 4.52 Å². The smallest absolute Gasteiger partial charge is 0.308 e. The molecule has 1 N–H and O–H groups in total. The first kappa shape index (κ1) is 16.1. The van der Waals surface area contributed by atoms with Gasteiger partial charge in [-0.15, -0.1) is 0 Å². The summed E-state index contributed by atoms with van der Waals surface area (Å²) in [6.07, 6.45) is 0. The van der Waals surface area contributed by atoms with Crippen LogP contribution < -0.4 is 4.90 Å². The first-order chi connectivity index (χ1) is 10.4. The molecule has 1 atom stereocenters. The minimum Gasteiger partial charge on any atom is -0.481 e. The summed E-state index contributed by atoms with van der Waals surface area (Å²) in [6.45, 7) is 8.56. The van der Waals surface area contributed by atoms with E-state index in [9.17, 15) is 9.90 Å². The number of carbonyl (C=O) groups is 1. The predicted molar refractivity (Wildman–Crippen MR) is 85.0 cm³/mol. The van der Waals surface area contributed by atoms with Crippen LogP contribution in [0.4, 0.5) is 5.69 Å². The number of aromatic nitrogens is 1. The topological polar surface area (TPSA) is 66.6 Å². The molecule has 0 saturated carbocycles. The van der Waals surface area contributed by atoms with E-state index >= 15 is 0 Å². The van der Waals surface area contributed by atoms with E-state index in [2.05, 4.69) is 10.1 Å². The van der Waals surface area contributed by atoms with Gasteiger partial charge in [-0.2, -0.15) is 0 Å². The molecular weight excluding hydrogens is 280 g/mol. The Morgan fingerprint density at radius 2 is 2.00 bits per heavy atom. The van der Waals surface area contributed by atoms with Crippen molar-refractivity contribution in [2.45, 2.75) is 34.2 Å². The summed E-state index contributed by atoms with van der Waals surface area (Å²) in [6, 6.07) is 7.99. The van der Waals surface area contributed by atoms with Crippen molar-refractivity contribution in [2.75, 3.05) is 11.4 Å². The zero-order valence-electron chi connectivity index (χ0n) is 13.5. The fourth-order valence-electron chi connectivity index (χ4n) is 2.49. The molecule has 1 aromatic heterocycles. The molecular formula is C17H22N2O3. The molecule has 0 saturated heterocycles. The van der Waals surface area contributed by atoms with E-state index in [0.29, 0.717) is 13.1 Å². The van der Waals surface area contributed by atoms with Crippen LogP contribution in [-0.4, -0.2) is 22.8 Å². The van der Waals surface area contributed by atoms with Crippen LogP contribution in [0.15, 0.2) is 28.8 Å². The summed E-state index contributed by atoms with van der Waals surface area (Å²) in [5, 5.41) is 13.2. The van der Waals surface area contributed by atoms with Gasteiger partial charge in [0.05, 0.1) is 11.6 Å². The number of anilines is 1. The average Bonchev–Trinajstić information content (AvgIpc) is 2.78. The third-order valence-electron chi connectivity index (χ3n) is 3.90. The second-order valence-electron chi connectivity index (χ2n) is 5.71. The average molecular weight is 302 g/mol. The second kappa shape index (κ2) is 6.64. The van der Waals surface area contributed by atoms with E-state index < -0.39 is 11.9 Å². The van der Waals surface area contributed by atoms with Gasteiger partial charge in [-0.05, 0) is 32.4 Å². The molecule has 0 radical (unpaired) electrons. The third-order valence-corrected chi connectivity index (χ3v) is 3.90. The highest BCUT2D eigenvalue weighted by Crippen LogP contribution is 2.25. The quantitative estimate of drug-likeness (QED) is 0.886. The van der Waals surface area contributed by atoms with Gasteiger partial charge >= 0.3 is 5.97 Å². The minimum atomic E-state index is -0.794. The normalized spacial score (nSPS) is 12.2. The Labute approximate surface area is 130 Å². The summed E-state index contributed by atoms with van der Waals surface area (Å²) in [5.41, 5.74) is 4.02. The zero-order chi connectivity index (χ0) is 16.3. The molecule has 22 heavy (non-hydrogen) atoms. The summed E-state index contributed by atoms with van der Waals surface area (Å²) in [7, 11) is 0. The van der Waals surface area contributed by atoms with Crippen molar-refractivity contribution in [1.29, 1.82) is 0 Å². The molecule has 5 heteroatoms. The SMILES string of the molecule is Cc1ccccc1N(Cc1c(C)noc1C)CC(C)C(=O)O. The minimum absolute atomic E-state index is 0.435. The fraction of sp³-hybridized carbons (Fsp3) is 0.412. The Balaban J connectivity index is 2.33. The Kier molecular flexibility index (Phi) is 4.85. The van der Waals surface area contributed by atoms with Gasteiger partial charge in [0.1, 0.15) is 5.76 Å². The molecule has 0 spiro atoms. The molecule has 1 unspecified atom stereocenters. The molecule has 5 nitrogen and oxygen atoms in total. The maximum atomic E-state index is 11.2. The maximum absolute atomic E-state index is 11.2. The number of aryl methyl sites for hydroxylation is 3. The Morgan fingerprint density at radius 1 is 1.32 bits per heavy atom. The van der Waals surface area contributed by atoms with Crippen LogP contribution in [0.2, 0.25) is 0 Å². The number of aliphatic carboxylic acids is 1. The van der Waals surface area contributed by atoms with Gasteiger partial charge < -0.3 is 14.5 Å². The Morgan fingerprint density at radius 3 is 2.55 bits per heavy atom.